The number of nitrogens with zero attached hydrogens (tertiary/aromatic N) is 1. The van der Waals surface area contributed by atoms with E-state index in [1.807, 2.05) is 6.92 Å². The highest BCUT2D eigenvalue weighted by molar-refractivity contribution is 7.91. The van der Waals surface area contributed by atoms with Gasteiger partial charge in [-0.1, -0.05) is 19.9 Å². The van der Waals surface area contributed by atoms with E-state index >= 15 is 0 Å². The number of aliphatic hydroxyl groups is 1. The highest BCUT2D eigenvalue weighted by Gasteiger charge is 2.27. The molecule has 1 heterocycles. The molecule has 1 aromatic carbocycles. The molecule has 0 saturated carbocycles. The molecule has 8 nitrogen and oxygen atoms in total. The summed E-state index contributed by atoms with van der Waals surface area (Å²) in [4.78, 5) is 29.0. The molecule has 1 atom stereocenters. The monoisotopic (exact) mass is 466 g/mol. The summed E-state index contributed by atoms with van der Waals surface area (Å²) >= 11 is 0. The summed E-state index contributed by atoms with van der Waals surface area (Å²) in [6.07, 6.45) is 1.96. The Labute approximate surface area is 189 Å². The van der Waals surface area contributed by atoms with Crippen molar-refractivity contribution in [1.29, 1.82) is 0 Å². The van der Waals surface area contributed by atoms with Crippen molar-refractivity contribution >= 4 is 26.7 Å². The van der Waals surface area contributed by atoms with Crippen molar-refractivity contribution in [3.8, 4) is 0 Å². The molecule has 32 heavy (non-hydrogen) atoms. The fraction of sp³-hybridized carbons (Fsp3) is 0.565. The molecule has 0 saturated heterocycles. The molecule has 1 unspecified atom stereocenters. The molecule has 1 amide bonds. The van der Waals surface area contributed by atoms with Crippen LogP contribution in [0.15, 0.2) is 34.1 Å². The maximum absolute atomic E-state index is 13.3. The maximum atomic E-state index is 13.3. The van der Waals surface area contributed by atoms with Crippen molar-refractivity contribution in [3.05, 3.63) is 40.3 Å². The molecule has 178 valence electrons. The molecule has 0 fully saturated rings. The third-order valence-corrected chi connectivity index (χ3v) is 6.98. The number of pyridine rings is 1. The summed E-state index contributed by atoms with van der Waals surface area (Å²) in [6.45, 7) is 9.28. The van der Waals surface area contributed by atoms with E-state index in [0.29, 0.717) is 23.6 Å². The van der Waals surface area contributed by atoms with E-state index in [0.717, 1.165) is 5.56 Å². The van der Waals surface area contributed by atoms with Gasteiger partial charge in [-0.3, -0.25) is 4.79 Å². The number of rotatable bonds is 9. The van der Waals surface area contributed by atoms with Crippen molar-refractivity contribution in [3.63, 3.8) is 0 Å². The van der Waals surface area contributed by atoms with E-state index in [4.69, 9.17) is 9.84 Å². The Morgan fingerprint density at radius 2 is 1.97 bits per heavy atom. The average Bonchev–Trinajstić information content (AvgIpc) is 2.69. The molecular weight excluding hydrogens is 432 g/mol. The highest BCUT2D eigenvalue weighted by Crippen LogP contribution is 2.27. The van der Waals surface area contributed by atoms with Gasteiger partial charge in [-0.15, -0.1) is 0 Å². The summed E-state index contributed by atoms with van der Waals surface area (Å²) in [6, 6.07) is 4.72. The average molecular weight is 467 g/mol. The number of aromatic nitrogens is 1. The SMILES string of the molecule is CCc1c[nH]c(=O)c2cccc(S(=O)(=O)CC(C)CN(CCCO)C(=O)OC(C)(C)C)c12. The molecule has 0 spiro atoms. The molecular formula is C23H34N2O6S. The number of H-pyrrole nitrogens is 1. The van der Waals surface area contributed by atoms with Crippen LogP contribution in [-0.2, 0) is 21.0 Å². The minimum Gasteiger partial charge on any atom is -0.444 e. The number of ether oxygens (including phenoxy) is 1. The Kier molecular flexibility index (Phi) is 8.47. The van der Waals surface area contributed by atoms with Gasteiger partial charge in [0.25, 0.3) is 5.56 Å². The van der Waals surface area contributed by atoms with Gasteiger partial charge in [-0.2, -0.15) is 0 Å². The number of hydrogen-bond acceptors (Lipinski definition) is 6. The van der Waals surface area contributed by atoms with Crippen LogP contribution in [0.3, 0.4) is 0 Å². The summed E-state index contributed by atoms with van der Waals surface area (Å²) in [7, 11) is -3.74. The van der Waals surface area contributed by atoms with Crippen LogP contribution in [0.5, 0.6) is 0 Å². The number of nitrogens with one attached hydrogen (secondary N) is 1. The molecule has 2 rings (SSSR count). The van der Waals surface area contributed by atoms with Gasteiger partial charge in [0, 0.05) is 36.7 Å². The van der Waals surface area contributed by atoms with Crippen LogP contribution in [0.4, 0.5) is 4.79 Å². The number of sulfone groups is 1. The van der Waals surface area contributed by atoms with Gasteiger partial charge in [0.1, 0.15) is 5.60 Å². The fourth-order valence-electron chi connectivity index (χ4n) is 3.63. The third kappa shape index (κ3) is 6.56. The van der Waals surface area contributed by atoms with E-state index in [-0.39, 0.29) is 35.9 Å². The number of carbonyl (C=O) groups excluding carboxylic acids is 1. The number of aromatic amines is 1. The fourth-order valence-corrected chi connectivity index (χ4v) is 5.50. The zero-order chi connectivity index (χ0) is 24.1. The van der Waals surface area contributed by atoms with Crippen LogP contribution in [0.25, 0.3) is 10.8 Å². The minimum absolute atomic E-state index is 0.0870. The predicted molar refractivity (Wildman–Crippen MR) is 125 cm³/mol. The van der Waals surface area contributed by atoms with Crippen LogP contribution < -0.4 is 5.56 Å². The van der Waals surface area contributed by atoms with Gasteiger partial charge in [0.15, 0.2) is 9.84 Å². The van der Waals surface area contributed by atoms with Crippen LogP contribution in [-0.4, -0.2) is 60.6 Å². The Hall–Kier alpha value is -2.39. The van der Waals surface area contributed by atoms with E-state index in [9.17, 15) is 18.0 Å². The van der Waals surface area contributed by atoms with Crippen LogP contribution in [0.2, 0.25) is 0 Å². The first-order valence-corrected chi connectivity index (χ1v) is 12.5. The Balaban J connectivity index is 2.32. The Bertz CT molecular complexity index is 1100. The third-order valence-electron chi connectivity index (χ3n) is 4.96. The molecule has 0 aliphatic carbocycles. The number of aliphatic hydroxyl groups excluding tert-OH is 1. The summed E-state index contributed by atoms with van der Waals surface area (Å²) < 4.78 is 32.1. The van der Waals surface area contributed by atoms with E-state index in [1.54, 1.807) is 46.0 Å². The number of benzene rings is 1. The van der Waals surface area contributed by atoms with E-state index < -0.39 is 27.4 Å². The van der Waals surface area contributed by atoms with Crippen molar-refractivity contribution in [2.24, 2.45) is 5.92 Å². The first-order valence-electron chi connectivity index (χ1n) is 10.8. The quantitative estimate of drug-likeness (QED) is 0.586. The minimum atomic E-state index is -3.74. The Morgan fingerprint density at radius 3 is 2.56 bits per heavy atom. The summed E-state index contributed by atoms with van der Waals surface area (Å²) in [5.41, 5.74) is -0.261. The lowest BCUT2D eigenvalue weighted by Crippen LogP contribution is -2.41. The van der Waals surface area contributed by atoms with Crippen LogP contribution in [0.1, 0.15) is 46.6 Å². The summed E-state index contributed by atoms with van der Waals surface area (Å²) in [5, 5.41) is 9.97. The number of amides is 1. The van der Waals surface area contributed by atoms with Crippen molar-refractivity contribution in [2.75, 3.05) is 25.4 Å². The molecule has 0 bridgehead atoms. The second kappa shape index (κ2) is 10.5. The number of carbonyl (C=O) groups is 1. The van der Waals surface area contributed by atoms with Gasteiger partial charge in [0.2, 0.25) is 0 Å². The zero-order valence-corrected chi connectivity index (χ0v) is 20.3. The van der Waals surface area contributed by atoms with Crippen LogP contribution >= 0.6 is 0 Å². The molecule has 2 aromatic rings. The molecule has 0 radical (unpaired) electrons. The molecule has 9 heteroatoms. The predicted octanol–water partition coefficient (Wildman–Crippen LogP) is 3.12. The van der Waals surface area contributed by atoms with Gasteiger partial charge >= 0.3 is 6.09 Å². The standard InChI is InChI=1S/C23H34N2O6S/c1-6-17-13-24-21(27)18-9-7-10-19(20(17)18)32(29,30)15-16(2)14-25(11-8-12-26)22(28)31-23(3,4)5/h7,9-10,13,16,26H,6,8,11-12,14-15H2,1-5H3,(H,24,27). The zero-order valence-electron chi connectivity index (χ0n) is 19.5. The van der Waals surface area contributed by atoms with Crippen molar-refractivity contribution in [2.45, 2.75) is 58.0 Å². The topological polar surface area (TPSA) is 117 Å². The number of fused-ring (bicyclic) bond motifs is 1. The van der Waals surface area contributed by atoms with Gasteiger partial charge in [-0.05, 0) is 57.2 Å². The smallest absolute Gasteiger partial charge is 0.410 e. The van der Waals surface area contributed by atoms with Gasteiger partial charge in [0.05, 0.1) is 10.6 Å². The van der Waals surface area contributed by atoms with E-state index in [1.165, 1.54) is 11.0 Å². The van der Waals surface area contributed by atoms with Crippen molar-refractivity contribution in [1.82, 2.24) is 9.88 Å². The lowest BCUT2D eigenvalue weighted by molar-refractivity contribution is 0.0219. The number of aryl methyl sites for hydroxylation is 1. The maximum Gasteiger partial charge on any atom is 0.410 e. The highest BCUT2D eigenvalue weighted by atomic mass is 32.2. The van der Waals surface area contributed by atoms with Gasteiger partial charge in [-0.25, -0.2) is 13.2 Å². The van der Waals surface area contributed by atoms with Gasteiger partial charge < -0.3 is 19.7 Å². The van der Waals surface area contributed by atoms with Crippen LogP contribution in [0, 0.1) is 5.92 Å². The normalized spacial score (nSPS) is 13.2. The van der Waals surface area contributed by atoms with Crippen molar-refractivity contribution < 1.29 is 23.1 Å². The molecule has 0 aliphatic heterocycles. The summed E-state index contributed by atoms with van der Waals surface area (Å²) in [5.74, 6) is -0.589. The van der Waals surface area contributed by atoms with E-state index in [2.05, 4.69) is 4.98 Å². The first kappa shape index (κ1) is 25.9. The lowest BCUT2D eigenvalue weighted by Gasteiger charge is -2.29. The Morgan fingerprint density at radius 1 is 1.28 bits per heavy atom. The first-order chi connectivity index (χ1) is 14.9. The number of hydrogen-bond donors (Lipinski definition) is 2. The largest absolute Gasteiger partial charge is 0.444 e. The molecule has 0 aliphatic rings. The lowest BCUT2D eigenvalue weighted by atomic mass is 10.1. The second-order valence-electron chi connectivity index (χ2n) is 9.07. The molecule has 2 N–H and O–H groups in total. The second-order valence-corrected chi connectivity index (χ2v) is 11.1. The molecule has 1 aromatic heterocycles.